The zero-order chi connectivity index (χ0) is 14.0. The highest BCUT2D eigenvalue weighted by Crippen LogP contribution is 2.22. The monoisotopic (exact) mass is 268 g/mol. The number of aryl methyl sites for hydroxylation is 1. The molecule has 19 heavy (non-hydrogen) atoms. The molecule has 1 unspecified atom stereocenters. The van der Waals surface area contributed by atoms with Crippen molar-refractivity contribution in [2.24, 2.45) is 0 Å². The zero-order valence-corrected chi connectivity index (χ0v) is 10.3. The van der Waals surface area contributed by atoms with E-state index in [1.807, 2.05) is 0 Å². The van der Waals surface area contributed by atoms with Crippen LogP contribution in [0.4, 0.5) is 10.2 Å². The van der Waals surface area contributed by atoms with E-state index in [1.165, 1.54) is 18.2 Å². The maximum absolute atomic E-state index is 14.0. The van der Waals surface area contributed by atoms with Crippen molar-refractivity contribution < 1.29 is 19.1 Å². The van der Waals surface area contributed by atoms with Crippen molar-refractivity contribution >= 4 is 17.7 Å². The molecule has 1 amide bonds. The highest BCUT2D eigenvalue weighted by molar-refractivity contribution is 5.90. The van der Waals surface area contributed by atoms with Crippen LogP contribution < -0.4 is 10.2 Å². The Morgan fingerprint density at radius 2 is 2.37 bits per heavy atom. The minimum Gasteiger partial charge on any atom is -0.481 e. The lowest BCUT2D eigenvalue weighted by Gasteiger charge is -2.35. The standard InChI is InChI=1S/C11H13FN4O3/c1-6-9(12)10(15-5-14-6)16-3-2-13-11(19)7(16)4-8(17)18/h5,7H,2-4H2,1H3,(H,13,19)(H,17,18). The summed E-state index contributed by atoms with van der Waals surface area (Å²) in [6.07, 6.45) is 0.784. The first kappa shape index (κ1) is 13.2. The first-order valence-corrected chi connectivity index (χ1v) is 5.74. The molecule has 1 aliphatic rings. The predicted molar refractivity (Wildman–Crippen MR) is 63.1 cm³/mol. The molecule has 1 aromatic rings. The molecule has 102 valence electrons. The third-order valence-corrected chi connectivity index (χ3v) is 2.92. The van der Waals surface area contributed by atoms with E-state index >= 15 is 0 Å². The number of amides is 1. The van der Waals surface area contributed by atoms with Crippen LogP contribution in [0, 0.1) is 12.7 Å². The zero-order valence-electron chi connectivity index (χ0n) is 10.3. The fourth-order valence-corrected chi connectivity index (χ4v) is 1.98. The number of carbonyl (C=O) groups is 2. The molecule has 0 saturated carbocycles. The molecule has 0 aliphatic carbocycles. The lowest BCUT2D eigenvalue weighted by atomic mass is 10.1. The van der Waals surface area contributed by atoms with Crippen LogP contribution >= 0.6 is 0 Å². The number of hydrogen-bond acceptors (Lipinski definition) is 5. The van der Waals surface area contributed by atoms with Gasteiger partial charge in [-0.25, -0.2) is 14.4 Å². The van der Waals surface area contributed by atoms with Crippen molar-refractivity contribution in [3.63, 3.8) is 0 Å². The summed E-state index contributed by atoms with van der Waals surface area (Å²) in [7, 11) is 0. The van der Waals surface area contributed by atoms with E-state index in [0.29, 0.717) is 13.1 Å². The number of carboxylic acid groups (broad SMARTS) is 1. The van der Waals surface area contributed by atoms with Crippen LogP contribution in [0.3, 0.4) is 0 Å². The van der Waals surface area contributed by atoms with Crippen LogP contribution in [0.15, 0.2) is 6.33 Å². The van der Waals surface area contributed by atoms with Crippen molar-refractivity contribution in [1.29, 1.82) is 0 Å². The number of carboxylic acids is 1. The van der Waals surface area contributed by atoms with E-state index in [2.05, 4.69) is 15.3 Å². The number of carbonyl (C=O) groups excluding carboxylic acids is 1. The molecule has 0 bridgehead atoms. The van der Waals surface area contributed by atoms with E-state index in [9.17, 15) is 14.0 Å². The van der Waals surface area contributed by atoms with Gasteiger partial charge in [0.25, 0.3) is 0 Å². The van der Waals surface area contributed by atoms with E-state index in [-0.39, 0.29) is 11.5 Å². The van der Waals surface area contributed by atoms with Crippen LogP contribution in [0.2, 0.25) is 0 Å². The van der Waals surface area contributed by atoms with Gasteiger partial charge >= 0.3 is 5.97 Å². The lowest BCUT2D eigenvalue weighted by Crippen LogP contribution is -2.56. The molecule has 1 fully saturated rings. The predicted octanol–water partition coefficient (Wildman–Crippen LogP) is -0.296. The summed E-state index contributed by atoms with van der Waals surface area (Å²) in [5.74, 6) is -2.23. The average Bonchev–Trinajstić information content (AvgIpc) is 2.35. The number of rotatable bonds is 3. The first-order valence-electron chi connectivity index (χ1n) is 5.74. The molecule has 2 rings (SSSR count). The van der Waals surface area contributed by atoms with Crippen LogP contribution in [0.25, 0.3) is 0 Å². The Morgan fingerprint density at radius 3 is 3.05 bits per heavy atom. The molecule has 1 aromatic heterocycles. The van der Waals surface area contributed by atoms with Crippen molar-refractivity contribution in [2.45, 2.75) is 19.4 Å². The third kappa shape index (κ3) is 2.61. The van der Waals surface area contributed by atoms with E-state index in [1.54, 1.807) is 0 Å². The van der Waals surface area contributed by atoms with E-state index in [4.69, 9.17) is 5.11 Å². The maximum Gasteiger partial charge on any atom is 0.305 e. The minimum atomic E-state index is -1.13. The van der Waals surface area contributed by atoms with Gasteiger partial charge in [-0.1, -0.05) is 0 Å². The number of hydrogen-bond donors (Lipinski definition) is 2. The Hall–Kier alpha value is -2.25. The average molecular weight is 268 g/mol. The van der Waals surface area contributed by atoms with E-state index in [0.717, 1.165) is 0 Å². The summed E-state index contributed by atoms with van der Waals surface area (Å²) in [4.78, 5) is 31.4. The van der Waals surface area contributed by atoms with Crippen molar-refractivity contribution in [3.8, 4) is 0 Å². The molecule has 1 saturated heterocycles. The molecular weight excluding hydrogens is 255 g/mol. The van der Waals surface area contributed by atoms with Gasteiger partial charge in [-0.2, -0.15) is 0 Å². The fraction of sp³-hybridized carbons (Fsp3) is 0.455. The number of piperazine rings is 1. The minimum absolute atomic E-state index is 0.0337. The molecule has 0 aromatic carbocycles. The lowest BCUT2D eigenvalue weighted by molar-refractivity contribution is -0.139. The largest absolute Gasteiger partial charge is 0.481 e. The van der Waals surface area contributed by atoms with Gasteiger partial charge in [-0.05, 0) is 6.92 Å². The summed E-state index contributed by atoms with van der Waals surface area (Å²) in [6, 6.07) is -0.963. The van der Waals surface area contributed by atoms with Gasteiger partial charge in [0.1, 0.15) is 12.4 Å². The molecule has 1 atom stereocenters. The molecule has 8 heteroatoms. The molecule has 2 N–H and O–H groups in total. The van der Waals surface area contributed by atoms with Gasteiger partial charge in [-0.15, -0.1) is 0 Å². The Labute approximate surface area is 108 Å². The number of nitrogens with one attached hydrogen (secondary N) is 1. The maximum atomic E-state index is 14.0. The topological polar surface area (TPSA) is 95.4 Å². The second-order valence-corrected chi connectivity index (χ2v) is 4.19. The molecule has 0 radical (unpaired) electrons. The summed E-state index contributed by atoms with van der Waals surface area (Å²) in [5, 5.41) is 11.4. The first-order chi connectivity index (χ1) is 9.00. The second-order valence-electron chi connectivity index (χ2n) is 4.19. The molecule has 2 heterocycles. The van der Waals surface area contributed by atoms with Crippen LogP contribution in [0.5, 0.6) is 0 Å². The quantitative estimate of drug-likeness (QED) is 0.781. The summed E-state index contributed by atoms with van der Waals surface area (Å²) >= 11 is 0. The number of aliphatic carboxylic acids is 1. The van der Waals surface area contributed by atoms with Gasteiger partial charge in [-0.3, -0.25) is 9.59 Å². The van der Waals surface area contributed by atoms with Crippen molar-refractivity contribution in [2.75, 3.05) is 18.0 Å². The van der Waals surface area contributed by atoms with Crippen molar-refractivity contribution in [1.82, 2.24) is 15.3 Å². The summed E-state index contributed by atoms with van der Waals surface area (Å²) in [5.41, 5.74) is 0.157. The van der Waals surface area contributed by atoms with E-state index < -0.39 is 30.2 Å². The Balaban J connectivity index is 2.36. The highest BCUT2D eigenvalue weighted by atomic mass is 19.1. The Bertz CT molecular complexity index is 523. The second kappa shape index (κ2) is 5.17. The van der Waals surface area contributed by atoms with Gasteiger partial charge in [0.2, 0.25) is 5.91 Å². The molecule has 7 nitrogen and oxygen atoms in total. The molecule has 1 aliphatic heterocycles. The number of nitrogens with zero attached hydrogens (tertiary/aromatic N) is 3. The Morgan fingerprint density at radius 1 is 1.63 bits per heavy atom. The molecule has 0 spiro atoms. The van der Waals surface area contributed by atoms with Crippen LogP contribution in [-0.2, 0) is 9.59 Å². The number of halogens is 1. The van der Waals surface area contributed by atoms with Crippen LogP contribution in [0.1, 0.15) is 12.1 Å². The smallest absolute Gasteiger partial charge is 0.305 e. The van der Waals surface area contributed by atoms with Crippen molar-refractivity contribution in [3.05, 3.63) is 17.8 Å². The fourth-order valence-electron chi connectivity index (χ4n) is 1.98. The van der Waals surface area contributed by atoms with Gasteiger partial charge in [0.15, 0.2) is 11.6 Å². The number of aromatic nitrogens is 2. The van der Waals surface area contributed by atoms with Gasteiger partial charge < -0.3 is 15.3 Å². The highest BCUT2D eigenvalue weighted by Gasteiger charge is 2.34. The molecular formula is C11H13FN4O3. The summed E-state index contributed by atoms with van der Waals surface area (Å²) < 4.78 is 14.0. The van der Waals surface area contributed by atoms with Gasteiger partial charge in [0, 0.05) is 13.1 Å². The SMILES string of the molecule is Cc1ncnc(N2CCNC(=O)C2CC(=O)O)c1F. The normalized spacial score (nSPS) is 19.2. The summed E-state index contributed by atoms with van der Waals surface area (Å²) in [6.45, 7) is 2.10. The Kier molecular flexibility index (Phi) is 3.59. The number of anilines is 1. The van der Waals surface area contributed by atoms with Crippen LogP contribution in [-0.4, -0.2) is 46.1 Å². The van der Waals surface area contributed by atoms with Gasteiger partial charge in [0.05, 0.1) is 12.1 Å². The third-order valence-electron chi connectivity index (χ3n) is 2.92.